The minimum atomic E-state index is -3.70. The number of hydrogen-bond donors (Lipinski definition) is 1. The normalized spacial score (nSPS) is 11.6. The van der Waals surface area contributed by atoms with Crippen molar-refractivity contribution in [3.8, 4) is 0 Å². The van der Waals surface area contributed by atoms with Gasteiger partial charge in [-0.05, 0) is 24.6 Å². The lowest BCUT2D eigenvalue weighted by Crippen LogP contribution is -2.40. The van der Waals surface area contributed by atoms with Crippen LogP contribution >= 0.6 is 0 Å². The molecule has 0 bridgehead atoms. The van der Waals surface area contributed by atoms with Crippen LogP contribution in [0.2, 0.25) is 0 Å². The second-order valence-corrected chi connectivity index (χ2v) is 6.35. The maximum absolute atomic E-state index is 12.2. The topological polar surface area (TPSA) is 77.9 Å². The van der Waals surface area contributed by atoms with Crippen molar-refractivity contribution in [2.45, 2.75) is 13.3 Å². The fourth-order valence-corrected chi connectivity index (χ4v) is 2.65. The summed E-state index contributed by atoms with van der Waals surface area (Å²) < 4.78 is 26.6. The summed E-state index contributed by atoms with van der Waals surface area (Å²) in [6.45, 7) is 1.81. The molecule has 0 aliphatic heterocycles. The van der Waals surface area contributed by atoms with Crippen LogP contribution in [0, 0.1) is 6.92 Å². The molecule has 0 unspecified atom stereocenters. The van der Waals surface area contributed by atoms with E-state index >= 15 is 0 Å². The maximum Gasteiger partial charge on any atom is 0.304 e. The number of anilines is 1. The van der Waals surface area contributed by atoms with Gasteiger partial charge in [-0.15, -0.1) is 0 Å². The zero-order chi connectivity index (χ0) is 14.6. The Hall–Kier alpha value is -1.60. The van der Waals surface area contributed by atoms with Gasteiger partial charge >= 0.3 is 16.2 Å². The number of rotatable bonds is 6. The van der Waals surface area contributed by atoms with Crippen LogP contribution < -0.4 is 4.31 Å². The Balaban J connectivity index is 2.90. The van der Waals surface area contributed by atoms with Crippen LogP contribution in [0.15, 0.2) is 24.3 Å². The Morgan fingerprint density at radius 2 is 1.95 bits per heavy atom. The van der Waals surface area contributed by atoms with Crippen LogP contribution in [0.25, 0.3) is 0 Å². The second-order valence-electron chi connectivity index (χ2n) is 4.28. The van der Waals surface area contributed by atoms with Crippen molar-refractivity contribution >= 4 is 21.9 Å². The molecule has 0 radical (unpaired) electrons. The molecule has 7 heteroatoms. The monoisotopic (exact) mass is 286 g/mol. The molecule has 0 saturated heterocycles. The van der Waals surface area contributed by atoms with E-state index in [1.54, 1.807) is 18.2 Å². The third kappa shape index (κ3) is 3.93. The van der Waals surface area contributed by atoms with E-state index in [1.165, 1.54) is 14.1 Å². The van der Waals surface area contributed by atoms with Crippen LogP contribution in [-0.4, -0.2) is 44.4 Å². The van der Waals surface area contributed by atoms with Gasteiger partial charge in [-0.3, -0.25) is 9.10 Å². The molecule has 0 atom stereocenters. The first-order chi connectivity index (χ1) is 8.75. The van der Waals surface area contributed by atoms with Gasteiger partial charge in [-0.2, -0.15) is 12.7 Å². The van der Waals surface area contributed by atoms with Crippen LogP contribution in [0.3, 0.4) is 0 Å². The van der Waals surface area contributed by atoms with Crippen LogP contribution in [-0.2, 0) is 15.0 Å². The predicted octanol–water partition coefficient (Wildman–Crippen LogP) is 1.08. The fourth-order valence-electron chi connectivity index (χ4n) is 1.53. The van der Waals surface area contributed by atoms with Crippen LogP contribution in [0.4, 0.5) is 5.69 Å². The van der Waals surface area contributed by atoms with E-state index in [0.717, 1.165) is 14.2 Å². The minimum absolute atomic E-state index is 0.0617. The molecule has 0 spiro atoms. The molecule has 0 fully saturated rings. The van der Waals surface area contributed by atoms with Gasteiger partial charge in [0, 0.05) is 20.6 Å². The molecule has 106 valence electrons. The van der Waals surface area contributed by atoms with Gasteiger partial charge in [-0.1, -0.05) is 12.1 Å². The second kappa shape index (κ2) is 6.03. The summed E-state index contributed by atoms with van der Waals surface area (Å²) in [4.78, 5) is 10.5. The number of hydrogen-bond acceptors (Lipinski definition) is 3. The van der Waals surface area contributed by atoms with Gasteiger partial charge in [0.25, 0.3) is 0 Å². The third-order valence-electron chi connectivity index (χ3n) is 2.75. The van der Waals surface area contributed by atoms with Crippen LogP contribution in [0.5, 0.6) is 0 Å². The zero-order valence-corrected chi connectivity index (χ0v) is 12.0. The van der Waals surface area contributed by atoms with Crippen molar-refractivity contribution in [3.63, 3.8) is 0 Å². The average molecular weight is 286 g/mol. The van der Waals surface area contributed by atoms with Crippen LogP contribution in [0.1, 0.15) is 12.0 Å². The molecule has 0 saturated carbocycles. The maximum atomic E-state index is 12.2. The Bertz CT molecular complexity index is 557. The number of carboxylic acid groups (broad SMARTS) is 1. The summed E-state index contributed by atoms with van der Waals surface area (Å²) in [7, 11) is -0.890. The summed E-state index contributed by atoms with van der Waals surface area (Å²) in [6, 6.07) is 7.09. The first kappa shape index (κ1) is 15.5. The molecule has 1 aromatic rings. The number of nitrogens with zero attached hydrogens (tertiary/aromatic N) is 2. The van der Waals surface area contributed by atoms with Crippen molar-refractivity contribution in [2.75, 3.05) is 24.9 Å². The van der Waals surface area contributed by atoms with E-state index < -0.39 is 16.2 Å². The Labute approximate surface area is 113 Å². The highest BCUT2D eigenvalue weighted by Crippen LogP contribution is 2.19. The highest BCUT2D eigenvalue weighted by atomic mass is 32.2. The zero-order valence-electron chi connectivity index (χ0n) is 11.2. The fraction of sp³-hybridized carbons (Fsp3) is 0.417. The van der Waals surface area contributed by atoms with Crippen molar-refractivity contribution in [1.82, 2.24) is 4.31 Å². The molecular weight excluding hydrogens is 268 g/mol. The summed E-state index contributed by atoms with van der Waals surface area (Å²) >= 11 is 0. The van der Waals surface area contributed by atoms with E-state index in [4.69, 9.17) is 5.11 Å². The standard InChI is InChI=1S/C12H18N2O4S/c1-10-5-4-6-11(9-10)14(3)19(17,18)13(2)8-7-12(15)16/h4-6,9H,7-8H2,1-3H3,(H,15,16). The van der Waals surface area contributed by atoms with Crippen molar-refractivity contribution in [3.05, 3.63) is 29.8 Å². The van der Waals surface area contributed by atoms with Gasteiger partial charge in [0.15, 0.2) is 0 Å². The Morgan fingerprint density at radius 1 is 1.32 bits per heavy atom. The van der Waals surface area contributed by atoms with Gasteiger partial charge in [0.1, 0.15) is 0 Å². The number of carbonyl (C=O) groups is 1. The van der Waals surface area contributed by atoms with Gasteiger partial charge < -0.3 is 5.11 Å². The lowest BCUT2D eigenvalue weighted by molar-refractivity contribution is -0.137. The summed E-state index contributed by atoms with van der Waals surface area (Å²) in [5.41, 5.74) is 1.50. The van der Waals surface area contributed by atoms with Gasteiger partial charge in [0.05, 0.1) is 12.1 Å². The van der Waals surface area contributed by atoms with E-state index in [-0.39, 0.29) is 13.0 Å². The summed E-state index contributed by atoms with van der Waals surface area (Å²) in [6.07, 6.45) is -0.225. The number of benzene rings is 1. The van der Waals surface area contributed by atoms with Gasteiger partial charge in [-0.25, -0.2) is 0 Å². The van der Waals surface area contributed by atoms with Crippen molar-refractivity contribution in [1.29, 1.82) is 0 Å². The van der Waals surface area contributed by atoms with E-state index in [1.807, 2.05) is 13.0 Å². The van der Waals surface area contributed by atoms with Crippen molar-refractivity contribution < 1.29 is 18.3 Å². The summed E-state index contributed by atoms with van der Waals surface area (Å²) in [5.74, 6) is -1.03. The van der Waals surface area contributed by atoms with E-state index in [2.05, 4.69) is 0 Å². The highest BCUT2D eigenvalue weighted by Gasteiger charge is 2.24. The first-order valence-corrected chi connectivity index (χ1v) is 7.13. The van der Waals surface area contributed by atoms with E-state index in [9.17, 15) is 13.2 Å². The minimum Gasteiger partial charge on any atom is -0.481 e. The molecule has 0 amide bonds. The lowest BCUT2D eigenvalue weighted by Gasteiger charge is -2.25. The average Bonchev–Trinajstić information content (AvgIpc) is 2.34. The molecule has 0 aromatic heterocycles. The lowest BCUT2D eigenvalue weighted by atomic mass is 10.2. The van der Waals surface area contributed by atoms with Crippen molar-refractivity contribution in [2.24, 2.45) is 0 Å². The smallest absolute Gasteiger partial charge is 0.304 e. The third-order valence-corrected chi connectivity index (χ3v) is 4.62. The largest absolute Gasteiger partial charge is 0.481 e. The quantitative estimate of drug-likeness (QED) is 0.849. The van der Waals surface area contributed by atoms with Gasteiger partial charge in [0.2, 0.25) is 0 Å². The number of aryl methyl sites for hydroxylation is 1. The molecule has 1 rings (SSSR count). The molecule has 0 heterocycles. The highest BCUT2D eigenvalue weighted by molar-refractivity contribution is 7.90. The molecular formula is C12H18N2O4S. The molecule has 1 aromatic carbocycles. The number of aliphatic carboxylic acids is 1. The number of carboxylic acids is 1. The molecule has 0 aliphatic carbocycles. The Kier molecular flexibility index (Phi) is 4.90. The first-order valence-electron chi connectivity index (χ1n) is 5.74. The summed E-state index contributed by atoms with van der Waals surface area (Å²) in [5, 5.41) is 8.59. The SMILES string of the molecule is Cc1cccc(N(C)S(=O)(=O)N(C)CCC(=O)O)c1. The molecule has 0 aliphatic rings. The molecule has 6 nitrogen and oxygen atoms in total. The molecule has 19 heavy (non-hydrogen) atoms. The predicted molar refractivity (Wildman–Crippen MR) is 73.4 cm³/mol. The Morgan fingerprint density at radius 3 is 2.47 bits per heavy atom. The van der Waals surface area contributed by atoms with E-state index in [0.29, 0.717) is 5.69 Å². The molecule has 1 N–H and O–H groups in total.